The molecule has 64 valence electrons. The predicted octanol–water partition coefficient (Wildman–Crippen LogP) is 0.613. The molecule has 0 aromatic rings. The molecule has 0 radical (unpaired) electrons. The summed E-state index contributed by atoms with van der Waals surface area (Å²) in [5.74, 6) is 0. The number of allylic oxidation sites excluding steroid dienone is 2. The molecule has 3 nitrogen and oxygen atoms in total. The minimum Gasteiger partial charge on any atom is -0.368 e. The Morgan fingerprint density at radius 3 is 2.36 bits per heavy atom. The Morgan fingerprint density at radius 1 is 1.64 bits per heavy atom. The minimum atomic E-state index is -1.17. The van der Waals surface area contributed by atoms with Crippen LogP contribution in [-0.4, -0.2) is 22.8 Å². The second kappa shape index (κ2) is 6.07. The summed E-state index contributed by atoms with van der Waals surface area (Å²) in [7, 11) is 0. The van der Waals surface area contributed by atoms with Gasteiger partial charge < -0.3 is 10.2 Å². The number of aliphatic hydroxyl groups is 2. The van der Waals surface area contributed by atoms with Crippen molar-refractivity contribution in [2.24, 2.45) is 0 Å². The second-order valence-electron chi connectivity index (χ2n) is 2.42. The summed E-state index contributed by atoms with van der Waals surface area (Å²) < 4.78 is 0. The Labute approximate surface area is 66.4 Å². The first kappa shape index (κ1) is 10.3. The lowest BCUT2D eigenvalue weighted by molar-refractivity contribution is -0.105. The fourth-order valence-corrected chi connectivity index (χ4v) is 0.803. The zero-order valence-corrected chi connectivity index (χ0v) is 6.66. The van der Waals surface area contributed by atoms with Crippen molar-refractivity contribution >= 4 is 6.29 Å². The van der Waals surface area contributed by atoms with Gasteiger partial charge in [-0.2, -0.15) is 0 Å². The lowest BCUT2D eigenvalue weighted by Gasteiger charge is -1.80. The van der Waals surface area contributed by atoms with Gasteiger partial charge in [-0.25, -0.2) is 0 Å². The molecule has 0 amide bonds. The maximum Gasteiger partial charge on any atom is 0.148 e. The van der Waals surface area contributed by atoms with Crippen molar-refractivity contribution in [1.82, 2.24) is 0 Å². The van der Waals surface area contributed by atoms with Crippen molar-refractivity contribution in [2.45, 2.75) is 32.5 Å². The lowest BCUT2D eigenvalue weighted by atomic mass is 10.3. The number of hydrogen-bond donors (Lipinski definition) is 2. The van der Waals surface area contributed by atoms with E-state index in [1.165, 1.54) is 13.3 Å². The molecule has 0 spiro atoms. The number of rotatable bonds is 1. The zero-order chi connectivity index (χ0) is 8.69. The SMILES string of the molecule is CC(O)O.O=CC1=CCCC1. The van der Waals surface area contributed by atoms with E-state index in [4.69, 9.17) is 10.2 Å². The van der Waals surface area contributed by atoms with Gasteiger partial charge in [0.25, 0.3) is 0 Å². The van der Waals surface area contributed by atoms with Crippen molar-refractivity contribution in [2.75, 3.05) is 0 Å². The molecule has 0 heterocycles. The molecular weight excluding hydrogens is 144 g/mol. The summed E-state index contributed by atoms with van der Waals surface area (Å²) in [4.78, 5) is 9.94. The summed E-state index contributed by atoms with van der Waals surface area (Å²) >= 11 is 0. The molecule has 0 atom stereocenters. The molecule has 3 heteroatoms. The number of hydrogen-bond acceptors (Lipinski definition) is 3. The van der Waals surface area contributed by atoms with Crippen molar-refractivity contribution in [3.8, 4) is 0 Å². The zero-order valence-electron chi connectivity index (χ0n) is 6.66. The molecule has 0 aliphatic heterocycles. The second-order valence-corrected chi connectivity index (χ2v) is 2.42. The Bertz CT molecular complexity index is 136. The third-order valence-corrected chi connectivity index (χ3v) is 1.23. The van der Waals surface area contributed by atoms with E-state index in [1.807, 2.05) is 6.08 Å². The van der Waals surface area contributed by atoms with Crippen molar-refractivity contribution in [3.63, 3.8) is 0 Å². The third-order valence-electron chi connectivity index (χ3n) is 1.23. The summed E-state index contributed by atoms with van der Waals surface area (Å²) in [6.45, 7) is 1.28. The average Bonchev–Trinajstić information content (AvgIpc) is 2.36. The molecule has 0 fully saturated rings. The van der Waals surface area contributed by atoms with E-state index in [9.17, 15) is 4.79 Å². The normalized spacial score (nSPS) is 15.5. The average molecular weight is 158 g/mol. The van der Waals surface area contributed by atoms with Gasteiger partial charge in [0, 0.05) is 0 Å². The van der Waals surface area contributed by atoms with Crippen LogP contribution in [0, 0.1) is 0 Å². The van der Waals surface area contributed by atoms with Crippen LogP contribution in [0.2, 0.25) is 0 Å². The van der Waals surface area contributed by atoms with Gasteiger partial charge in [-0.3, -0.25) is 4.79 Å². The molecule has 0 bridgehead atoms. The topological polar surface area (TPSA) is 57.5 Å². The molecule has 0 saturated carbocycles. The van der Waals surface area contributed by atoms with Crippen molar-refractivity contribution in [3.05, 3.63) is 11.6 Å². The van der Waals surface area contributed by atoms with E-state index < -0.39 is 6.29 Å². The summed E-state index contributed by atoms with van der Waals surface area (Å²) in [6, 6.07) is 0. The van der Waals surface area contributed by atoms with Crippen LogP contribution in [0.3, 0.4) is 0 Å². The smallest absolute Gasteiger partial charge is 0.148 e. The Morgan fingerprint density at radius 2 is 2.18 bits per heavy atom. The summed E-state index contributed by atoms with van der Waals surface area (Å²) in [5.41, 5.74) is 0.986. The first-order valence-electron chi connectivity index (χ1n) is 3.67. The van der Waals surface area contributed by atoms with Crippen LogP contribution in [0.25, 0.3) is 0 Å². The van der Waals surface area contributed by atoms with Crippen LogP contribution in [0.1, 0.15) is 26.2 Å². The highest BCUT2D eigenvalue weighted by molar-refractivity contribution is 5.73. The van der Waals surface area contributed by atoms with Gasteiger partial charge in [0.1, 0.15) is 12.6 Å². The molecule has 1 rings (SSSR count). The number of aldehydes is 1. The Hall–Kier alpha value is -0.670. The summed E-state index contributed by atoms with van der Waals surface area (Å²) in [6.07, 6.45) is 5.08. The number of carbonyl (C=O) groups excluding carboxylic acids is 1. The third kappa shape index (κ3) is 7.22. The first-order valence-corrected chi connectivity index (χ1v) is 3.67. The van der Waals surface area contributed by atoms with E-state index in [1.54, 1.807) is 0 Å². The van der Waals surface area contributed by atoms with Gasteiger partial charge in [-0.05, 0) is 31.8 Å². The van der Waals surface area contributed by atoms with Gasteiger partial charge in [-0.15, -0.1) is 0 Å². The monoisotopic (exact) mass is 158 g/mol. The standard InChI is InChI=1S/C6H8O.C2H6O2/c7-5-6-3-1-2-4-6;1-2(3)4/h3,5H,1-2,4H2;2-4H,1H3. The van der Waals surface area contributed by atoms with Crippen LogP contribution >= 0.6 is 0 Å². The van der Waals surface area contributed by atoms with Crippen LogP contribution in [0.4, 0.5) is 0 Å². The lowest BCUT2D eigenvalue weighted by Crippen LogP contribution is -1.92. The highest BCUT2D eigenvalue weighted by Gasteiger charge is 1.99. The van der Waals surface area contributed by atoms with Gasteiger partial charge in [-0.1, -0.05) is 6.08 Å². The van der Waals surface area contributed by atoms with Crippen LogP contribution < -0.4 is 0 Å². The number of carbonyl (C=O) groups is 1. The maximum absolute atomic E-state index is 9.94. The quantitative estimate of drug-likeness (QED) is 0.434. The van der Waals surface area contributed by atoms with Crippen molar-refractivity contribution in [1.29, 1.82) is 0 Å². The molecule has 0 saturated heterocycles. The predicted molar refractivity (Wildman–Crippen MR) is 41.9 cm³/mol. The van der Waals surface area contributed by atoms with E-state index in [2.05, 4.69) is 0 Å². The molecule has 2 N–H and O–H groups in total. The minimum absolute atomic E-state index is 0.951. The van der Waals surface area contributed by atoms with E-state index in [0.29, 0.717) is 0 Å². The fraction of sp³-hybridized carbons (Fsp3) is 0.625. The van der Waals surface area contributed by atoms with Gasteiger partial charge in [0.2, 0.25) is 0 Å². The Kier molecular flexibility index (Phi) is 5.70. The maximum atomic E-state index is 9.94. The highest BCUT2D eigenvalue weighted by Crippen LogP contribution is 2.14. The van der Waals surface area contributed by atoms with Crippen LogP contribution in [0.15, 0.2) is 11.6 Å². The molecule has 0 unspecified atom stereocenters. The van der Waals surface area contributed by atoms with E-state index >= 15 is 0 Å². The van der Waals surface area contributed by atoms with Crippen molar-refractivity contribution < 1.29 is 15.0 Å². The van der Waals surface area contributed by atoms with Crippen LogP contribution in [0.5, 0.6) is 0 Å². The fourth-order valence-electron chi connectivity index (χ4n) is 0.803. The van der Waals surface area contributed by atoms with Gasteiger partial charge >= 0.3 is 0 Å². The molecule has 1 aliphatic carbocycles. The molecule has 0 aromatic carbocycles. The number of aliphatic hydroxyl groups excluding tert-OH is 1. The van der Waals surface area contributed by atoms with E-state index in [-0.39, 0.29) is 0 Å². The summed E-state index contributed by atoms with van der Waals surface area (Å²) in [5, 5.41) is 15.2. The van der Waals surface area contributed by atoms with Gasteiger partial charge in [0.05, 0.1) is 0 Å². The largest absolute Gasteiger partial charge is 0.368 e. The van der Waals surface area contributed by atoms with Crippen LogP contribution in [-0.2, 0) is 4.79 Å². The van der Waals surface area contributed by atoms with Gasteiger partial charge in [0.15, 0.2) is 0 Å². The molecular formula is C8H14O3. The van der Waals surface area contributed by atoms with E-state index in [0.717, 1.165) is 24.7 Å². The molecule has 0 aromatic heterocycles. The molecule has 1 aliphatic rings. The highest BCUT2D eigenvalue weighted by atomic mass is 16.5. The Balaban J connectivity index is 0.000000218. The first-order chi connectivity index (χ1) is 5.16. The molecule has 11 heavy (non-hydrogen) atoms.